The fraction of sp³-hybridized carbons (Fsp3) is 0.667. The third kappa shape index (κ3) is 0.859. The van der Waals surface area contributed by atoms with Crippen LogP contribution < -0.4 is 0 Å². The van der Waals surface area contributed by atoms with Gasteiger partial charge in [-0.15, -0.1) is 0 Å². The predicted octanol–water partition coefficient (Wildman–Crippen LogP) is 2.19. The highest BCUT2D eigenvalue weighted by molar-refractivity contribution is 8.16. The van der Waals surface area contributed by atoms with Crippen LogP contribution in [0.1, 0.15) is 25.7 Å². The first-order valence-electron chi connectivity index (χ1n) is 4.64. The number of aliphatic imine (C=N–C) groups is 1. The molecule has 1 aliphatic carbocycles. The van der Waals surface area contributed by atoms with Crippen molar-refractivity contribution in [1.29, 1.82) is 0 Å². The van der Waals surface area contributed by atoms with Gasteiger partial charge in [0, 0.05) is 6.20 Å². The Morgan fingerprint density at radius 3 is 3.33 bits per heavy atom. The van der Waals surface area contributed by atoms with E-state index in [0.29, 0.717) is 12.1 Å². The van der Waals surface area contributed by atoms with Gasteiger partial charge in [-0.05, 0) is 18.2 Å². The van der Waals surface area contributed by atoms with E-state index in [-0.39, 0.29) is 0 Å². The highest BCUT2D eigenvalue weighted by atomic mass is 32.2. The van der Waals surface area contributed by atoms with Crippen molar-refractivity contribution in [1.82, 2.24) is 4.90 Å². The molecule has 3 aliphatic rings. The Morgan fingerprint density at radius 1 is 1.42 bits per heavy atom. The van der Waals surface area contributed by atoms with E-state index in [1.165, 1.54) is 30.9 Å². The van der Waals surface area contributed by atoms with Gasteiger partial charge < -0.3 is 4.90 Å². The minimum atomic E-state index is 0.617. The van der Waals surface area contributed by atoms with Crippen LogP contribution in [0.15, 0.2) is 16.6 Å². The van der Waals surface area contributed by atoms with Crippen molar-refractivity contribution >= 4 is 16.9 Å². The molecule has 2 nitrogen and oxygen atoms in total. The number of fused-ring (bicyclic) bond motifs is 3. The Bertz CT molecular complexity index is 259. The second kappa shape index (κ2) is 2.52. The minimum absolute atomic E-state index is 0.617. The molecule has 2 heterocycles. The van der Waals surface area contributed by atoms with Gasteiger partial charge in [0.15, 0.2) is 5.17 Å². The van der Waals surface area contributed by atoms with Gasteiger partial charge in [0.25, 0.3) is 0 Å². The van der Waals surface area contributed by atoms with Gasteiger partial charge in [0.2, 0.25) is 0 Å². The number of hydrogen-bond acceptors (Lipinski definition) is 3. The molecule has 1 saturated carbocycles. The molecule has 2 atom stereocenters. The fourth-order valence-corrected chi connectivity index (χ4v) is 3.17. The first kappa shape index (κ1) is 7.01. The lowest BCUT2D eigenvalue weighted by Crippen LogP contribution is -2.35. The van der Waals surface area contributed by atoms with Crippen LogP contribution in [-0.2, 0) is 0 Å². The first-order chi connectivity index (χ1) is 5.95. The zero-order valence-corrected chi connectivity index (χ0v) is 7.76. The summed E-state index contributed by atoms with van der Waals surface area (Å²) in [7, 11) is 0. The molecule has 3 heteroatoms. The van der Waals surface area contributed by atoms with Gasteiger partial charge in [-0.3, -0.25) is 4.99 Å². The van der Waals surface area contributed by atoms with E-state index >= 15 is 0 Å². The van der Waals surface area contributed by atoms with E-state index < -0.39 is 0 Å². The van der Waals surface area contributed by atoms with Crippen LogP contribution in [0.3, 0.4) is 0 Å². The van der Waals surface area contributed by atoms with E-state index in [2.05, 4.69) is 16.5 Å². The van der Waals surface area contributed by atoms with Crippen molar-refractivity contribution < 1.29 is 0 Å². The van der Waals surface area contributed by atoms with E-state index in [9.17, 15) is 0 Å². The van der Waals surface area contributed by atoms with Crippen LogP contribution in [0.25, 0.3) is 0 Å². The van der Waals surface area contributed by atoms with Crippen molar-refractivity contribution in [2.24, 2.45) is 4.99 Å². The molecule has 0 aromatic heterocycles. The van der Waals surface area contributed by atoms with E-state index in [1.54, 1.807) is 11.8 Å². The number of nitrogens with zero attached hydrogens (tertiary/aromatic N) is 2. The molecule has 1 fully saturated rings. The third-order valence-corrected chi connectivity index (χ3v) is 3.73. The highest BCUT2D eigenvalue weighted by Gasteiger charge is 2.37. The molecular weight excluding hydrogens is 168 g/mol. The van der Waals surface area contributed by atoms with Crippen molar-refractivity contribution in [3.05, 3.63) is 11.6 Å². The zero-order chi connectivity index (χ0) is 7.97. The average Bonchev–Trinajstić information content (AvgIpc) is 2.62. The lowest BCUT2D eigenvalue weighted by molar-refractivity contribution is 0.297. The number of rotatable bonds is 0. The maximum Gasteiger partial charge on any atom is 0.168 e. The quantitative estimate of drug-likeness (QED) is 0.568. The van der Waals surface area contributed by atoms with E-state index in [0.717, 1.165) is 0 Å². The van der Waals surface area contributed by atoms with Crippen molar-refractivity contribution in [2.45, 2.75) is 37.8 Å². The van der Waals surface area contributed by atoms with Crippen molar-refractivity contribution in [3.8, 4) is 0 Å². The number of hydrogen-bond donors (Lipinski definition) is 0. The summed E-state index contributed by atoms with van der Waals surface area (Å²) in [6.45, 7) is 0. The molecule has 0 amide bonds. The summed E-state index contributed by atoms with van der Waals surface area (Å²) < 4.78 is 0. The summed E-state index contributed by atoms with van der Waals surface area (Å²) in [4.78, 5) is 7.08. The van der Waals surface area contributed by atoms with Gasteiger partial charge in [-0.25, -0.2) is 0 Å². The third-order valence-electron chi connectivity index (χ3n) is 2.94. The zero-order valence-electron chi connectivity index (χ0n) is 6.94. The summed E-state index contributed by atoms with van der Waals surface area (Å²) in [6.07, 6.45) is 7.60. The number of amidine groups is 1. The van der Waals surface area contributed by atoms with Crippen molar-refractivity contribution in [3.63, 3.8) is 0 Å². The molecule has 0 saturated heterocycles. The summed E-state index contributed by atoms with van der Waals surface area (Å²) in [6, 6.07) is 1.33. The maximum absolute atomic E-state index is 4.72. The SMILES string of the molecule is C1=CN2C(=N[C@@H]3CCCC[C@H]32)S1. The molecule has 2 aliphatic heterocycles. The van der Waals surface area contributed by atoms with Gasteiger partial charge in [0.05, 0.1) is 12.1 Å². The topological polar surface area (TPSA) is 15.6 Å². The van der Waals surface area contributed by atoms with Gasteiger partial charge in [-0.2, -0.15) is 0 Å². The summed E-state index contributed by atoms with van der Waals surface area (Å²) in [5.74, 6) is 0. The van der Waals surface area contributed by atoms with Crippen LogP contribution in [0.4, 0.5) is 0 Å². The lowest BCUT2D eigenvalue weighted by atomic mass is 9.91. The molecule has 12 heavy (non-hydrogen) atoms. The smallest absolute Gasteiger partial charge is 0.168 e. The Morgan fingerprint density at radius 2 is 2.33 bits per heavy atom. The predicted molar refractivity (Wildman–Crippen MR) is 52.0 cm³/mol. The Labute approximate surface area is 76.7 Å². The Balaban J connectivity index is 1.90. The van der Waals surface area contributed by atoms with Crippen molar-refractivity contribution in [2.75, 3.05) is 0 Å². The standard InChI is InChI=1S/C9H12N2S/c1-2-4-8-7(3-1)10-9-11(8)5-6-12-9/h5-8H,1-4H2/t7-,8-/m1/s1. The summed E-state index contributed by atoms with van der Waals surface area (Å²) >= 11 is 1.77. The molecule has 0 bridgehead atoms. The van der Waals surface area contributed by atoms with Crippen LogP contribution in [0, 0.1) is 0 Å². The molecule has 0 aromatic rings. The van der Waals surface area contributed by atoms with Crippen LogP contribution in [-0.4, -0.2) is 22.2 Å². The monoisotopic (exact) mass is 180 g/mol. The van der Waals surface area contributed by atoms with Gasteiger partial charge in [-0.1, -0.05) is 24.6 Å². The van der Waals surface area contributed by atoms with Crippen LogP contribution in [0.5, 0.6) is 0 Å². The summed E-state index contributed by atoms with van der Waals surface area (Å²) in [5, 5.41) is 3.39. The van der Waals surface area contributed by atoms with Crippen LogP contribution >= 0.6 is 11.8 Å². The Kier molecular flexibility index (Phi) is 1.47. The molecular formula is C9H12N2S. The first-order valence-corrected chi connectivity index (χ1v) is 5.52. The van der Waals surface area contributed by atoms with E-state index in [4.69, 9.17) is 4.99 Å². The van der Waals surface area contributed by atoms with Gasteiger partial charge >= 0.3 is 0 Å². The lowest BCUT2D eigenvalue weighted by Gasteiger charge is -2.28. The Hall–Kier alpha value is -0.440. The second-order valence-corrected chi connectivity index (χ2v) is 4.51. The van der Waals surface area contributed by atoms with E-state index in [1.807, 2.05) is 0 Å². The average molecular weight is 180 g/mol. The molecule has 0 aromatic carbocycles. The molecule has 0 N–H and O–H groups in total. The fourth-order valence-electron chi connectivity index (χ4n) is 2.34. The largest absolute Gasteiger partial charge is 0.322 e. The highest BCUT2D eigenvalue weighted by Crippen LogP contribution is 2.36. The molecule has 64 valence electrons. The normalized spacial score (nSPS) is 38.0. The maximum atomic E-state index is 4.72. The second-order valence-electron chi connectivity index (χ2n) is 3.64. The molecule has 3 rings (SSSR count). The molecule has 0 radical (unpaired) electrons. The van der Waals surface area contributed by atoms with Crippen LogP contribution in [0.2, 0.25) is 0 Å². The van der Waals surface area contributed by atoms with Gasteiger partial charge in [0.1, 0.15) is 0 Å². The molecule has 0 spiro atoms. The molecule has 0 unspecified atom stereocenters. The number of thioether (sulfide) groups is 1. The summed E-state index contributed by atoms with van der Waals surface area (Å²) in [5.41, 5.74) is 0. The minimum Gasteiger partial charge on any atom is -0.322 e.